The minimum absolute atomic E-state index is 0.00416. The highest BCUT2D eigenvalue weighted by atomic mass is 16.5. The third kappa shape index (κ3) is 5.09. The van der Waals surface area contributed by atoms with Gasteiger partial charge in [-0.1, -0.05) is 0 Å². The molecule has 4 aromatic rings. The Labute approximate surface area is 234 Å². The summed E-state index contributed by atoms with van der Waals surface area (Å²) in [7, 11) is 0. The molecule has 0 radical (unpaired) electrons. The van der Waals surface area contributed by atoms with Gasteiger partial charge in [0.05, 0.1) is 30.5 Å². The van der Waals surface area contributed by atoms with E-state index in [1.807, 2.05) is 41.4 Å². The van der Waals surface area contributed by atoms with E-state index in [2.05, 4.69) is 28.2 Å². The van der Waals surface area contributed by atoms with Crippen molar-refractivity contribution in [2.45, 2.75) is 44.8 Å². The first-order valence-corrected chi connectivity index (χ1v) is 14.5. The summed E-state index contributed by atoms with van der Waals surface area (Å²) >= 11 is 0. The van der Waals surface area contributed by atoms with E-state index in [4.69, 9.17) is 14.5 Å². The Morgan fingerprint density at radius 3 is 2.58 bits per heavy atom. The van der Waals surface area contributed by atoms with Crippen molar-refractivity contribution in [1.82, 2.24) is 19.7 Å². The molecule has 7 rings (SSSR count). The van der Waals surface area contributed by atoms with Gasteiger partial charge in [-0.05, 0) is 91.8 Å². The van der Waals surface area contributed by atoms with Crippen molar-refractivity contribution in [2.75, 3.05) is 44.4 Å². The molecule has 1 atom stereocenters. The van der Waals surface area contributed by atoms with E-state index in [1.54, 1.807) is 10.9 Å². The van der Waals surface area contributed by atoms with Gasteiger partial charge in [-0.3, -0.25) is 4.79 Å². The maximum atomic E-state index is 14.0. The Balaban J connectivity index is 1.24. The summed E-state index contributed by atoms with van der Waals surface area (Å²) < 4.78 is 13.4. The molecular formula is C32H35N5O3. The number of aryl methyl sites for hydroxylation is 2. The highest BCUT2D eigenvalue weighted by Gasteiger charge is 2.27. The monoisotopic (exact) mass is 537 g/mol. The van der Waals surface area contributed by atoms with Crippen LogP contribution in [0.5, 0.6) is 0 Å². The Bertz CT molecular complexity index is 1490. The smallest absolute Gasteiger partial charge is 0.254 e. The molecule has 8 heteroatoms. The van der Waals surface area contributed by atoms with Crippen LogP contribution < -0.4 is 4.90 Å². The molecular weight excluding hydrogens is 502 g/mol. The summed E-state index contributed by atoms with van der Waals surface area (Å²) in [5, 5.41) is 5.46. The lowest BCUT2D eigenvalue weighted by Gasteiger charge is -2.32. The van der Waals surface area contributed by atoms with Crippen LogP contribution in [-0.4, -0.2) is 71.1 Å². The number of pyridine rings is 1. The summed E-state index contributed by atoms with van der Waals surface area (Å²) in [6.45, 7) is 4.76. The van der Waals surface area contributed by atoms with Crippen molar-refractivity contribution in [3.63, 3.8) is 0 Å². The predicted octanol–water partition coefficient (Wildman–Crippen LogP) is 4.57. The van der Waals surface area contributed by atoms with Crippen LogP contribution in [-0.2, 0) is 28.9 Å². The number of nitrogens with zero attached hydrogens (tertiary/aromatic N) is 5. The standard InChI is InChI=1S/C32H35N5O3/c38-32(23-7-9-28(10-8-23)37-12-3-11-33-37)36(22-29-6-2-15-40-29)21-27-19-26-18-24-4-1-5-25(24)20-30(26)34-31(27)35-13-16-39-17-14-35/h3,7-12,18-20,29H,1-2,4-6,13-17,21-22H2. The topological polar surface area (TPSA) is 72.7 Å². The summed E-state index contributed by atoms with van der Waals surface area (Å²) in [5.41, 5.74) is 6.56. The van der Waals surface area contributed by atoms with Gasteiger partial charge in [-0.15, -0.1) is 0 Å². The highest BCUT2D eigenvalue weighted by molar-refractivity contribution is 5.94. The third-order valence-electron chi connectivity index (χ3n) is 8.37. The first-order chi connectivity index (χ1) is 19.7. The van der Waals surface area contributed by atoms with Crippen LogP contribution in [0.1, 0.15) is 46.3 Å². The fourth-order valence-corrected chi connectivity index (χ4v) is 6.27. The van der Waals surface area contributed by atoms with Crippen LogP contribution in [0.4, 0.5) is 5.82 Å². The number of ether oxygens (including phenoxy) is 2. The lowest BCUT2D eigenvalue weighted by molar-refractivity contribution is 0.0507. The molecule has 0 N–H and O–H groups in total. The molecule has 2 aromatic carbocycles. The van der Waals surface area contributed by atoms with Crippen LogP contribution >= 0.6 is 0 Å². The Kier molecular flexibility index (Phi) is 6.95. The Hall–Kier alpha value is -3.75. The molecule has 0 bridgehead atoms. The quantitative estimate of drug-likeness (QED) is 0.344. The number of aromatic nitrogens is 3. The zero-order valence-corrected chi connectivity index (χ0v) is 22.8. The molecule has 2 fully saturated rings. The van der Waals surface area contributed by atoms with E-state index >= 15 is 0 Å². The van der Waals surface area contributed by atoms with Gasteiger partial charge < -0.3 is 19.3 Å². The summed E-state index contributed by atoms with van der Waals surface area (Å²) in [6.07, 6.45) is 9.17. The van der Waals surface area contributed by atoms with Crippen LogP contribution in [0.25, 0.3) is 16.6 Å². The number of anilines is 1. The van der Waals surface area contributed by atoms with Crippen LogP contribution in [0, 0.1) is 0 Å². The average molecular weight is 538 g/mol. The minimum atomic E-state index is 0.00416. The number of benzene rings is 2. The van der Waals surface area contributed by atoms with Crippen molar-refractivity contribution in [2.24, 2.45) is 0 Å². The van der Waals surface area contributed by atoms with Crippen LogP contribution in [0.2, 0.25) is 0 Å². The number of carbonyl (C=O) groups excluding carboxylic acids is 1. The second kappa shape index (κ2) is 11.0. The van der Waals surface area contributed by atoms with Crippen LogP contribution in [0.15, 0.2) is 60.9 Å². The molecule has 4 heterocycles. The highest BCUT2D eigenvalue weighted by Crippen LogP contribution is 2.31. The second-order valence-electron chi connectivity index (χ2n) is 11.1. The van der Waals surface area contributed by atoms with Gasteiger partial charge >= 0.3 is 0 Å². The molecule has 206 valence electrons. The molecule has 2 saturated heterocycles. The van der Waals surface area contributed by atoms with Gasteiger partial charge in [0.2, 0.25) is 0 Å². The number of rotatable bonds is 7. The average Bonchev–Trinajstić information content (AvgIpc) is 3.79. The second-order valence-corrected chi connectivity index (χ2v) is 11.1. The molecule has 3 aliphatic rings. The van der Waals surface area contributed by atoms with Gasteiger partial charge in [0.25, 0.3) is 5.91 Å². The van der Waals surface area contributed by atoms with Gasteiger partial charge in [0.1, 0.15) is 5.82 Å². The van der Waals surface area contributed by atoms with E-state index in [-0.39, 0.29) is 12.0 Å². The Morgan fingerprint density at radius 1 is 1.00 bits per heavy atom. The number of hydrogen-bond acceptors (Lipinski definition) is 6. The number of hydrogen-bond donors (Lipinski definition) is 0. The van der Waals surface area contributed by atoms with E-state index in [9.17, 15) is 4.79 Å². The number of fused-ring (bicyclic) bond motifs is 2. The normalized spacial score (nSPS) is 18.8. The molecule has 2 aliphatic heterocycles. The SMILES string of the molecule is O=C(c1ccc(-n2cccn2)cc1)N(Cc1cc2cc3c(cc2nc1N1CCOCC1)CCC3)CC1CCCO1. The van der Waals surface area contributed by atoms with E-state index < -0.39 is 0 Å². The number of carbonyl (C=O) groups is 1. The van der Waals surface area contributed by atoms with Crippen molar-refractivity contribution in [1.29, 1.82) is 0 Å². The van der Waals surface area contributed by atoms with E-state index in [1.165, 1.54) is 17.5 Å². The molecule has 8 nitrogen and oxygen atoms in total. The lowest BCUT2D eigenvalue weighted by Crippen LogP contribution is -2.40. The molecule has 2 aromatic heterocycles. The molecule has 40 heavy (non-hydrogen) atoms. The van der Waals surface area contributed by atoms with Crippen molar-refractivity contribution in [3.05, 3.63) is 83.2 Å². The van der Waals surface area contributed by atoms with Crippen molar-refractivity contribution < 1.29 is 14.3 Å². The van der Waals surface area contributed by atoms with E-state index in [0.717, 1.165) is 73.4 Å². The molecule has 1 amide bonds. The van der Waals surface area contributed by atoms with Gasteiger partial charge in [-0.2, -0.15) is 5.10 Å². The summed E-state index contributed by atoms with van der Waals surface area (Å²) in [4.78, 5) is 23.5. The third-order valence-corrected chi connectivity index (χ3v) is 8.37. The van der Waals surface area contributed by atoms with Crippen molar-refractivity contribution >= 4 is 22.6 Å². The van der Waals surface area contributed by atoms with Gasteiger partial charge in [0.15, 0.2) is 0 Å². The maximum absolute atomic E-state index is 14.0. The predicted molar refractivity (Wildman–Crippen MR) is 154 cm³/mol. The van der Waals surface area contributed by atoms with Crippen LogP contribution in [0.3, 0.4) is 0 Å². The zero-order chi connectivity index (χ0) is 26.9. The fraction of sp³-hybridized carbons (Fsp3) is 0.406. The van der Waals surface area contributed by atoms with E-state index in [0.29, 0.717) is 31.9 Å². The summed E-state index contributed by atoms with van der Waals surface area (Å²) in [5.74, 6) is 0.970. The molecule has 1 aliphatic carbocycles. The number of morpholine rings is 1. The molecule has 0 spiro atoms. The lowest BCUT2D eigenvalue weighted by atomic mass is 10.0. The van der Waals surface area contributed by atoms with Gasteiger partial charge in [0, 0.05) is 61.7 Å². The molecule has 1 unspecified atom stereocenters. The van der Waals surface area contributed by atoms with Gasteiger partial charge in [-0.25, -0.2) is 9.67 Å². The fourth-order valence-electron chi connectivity index (χ4n) is 6.27. The van der Waals surface area contributed by atoms with Crippen molar-refractivity contribution in [3.8, 4) is 5.69 Å². The minimum Gasteiger partial charge on any atom is -0.378 e. The number of amides is 1. The molecule has 0 saturated carbocycles. The largest absolute Gasteiger partial charge is 0.378 e. The zero-order valence-electron chi connectivity index (χ0n) is 22.8. The maximum Gasteiger partial charge on any atom is 0.254 e. The Morgan fingerprint density at radius 2 is 1.82 bits per heavy atom. The first-order valence-electron chi connectivity index (χ1n) is 14.5. The summed E-state index contributed by atoms with van der Waals surface area (Å²) in [6, 6.07) is 16.4. The first kappa shape index (κ1) is 25.2.